The van der Waals surface area contributed by atoms with Crippen LogP contribution in [0.5, 0.6) is 0 Å². The van der Waals surface area contributed by atoms with Gasteiger partial charge in [-0.25, -0.2) is 0 Å². The quantitative estimate of drug-likeness (QED) is 0.318. The van der Waals surface area contributed by atoms with Gasteiger partial charge in [0.25, 0.3) is 0 Å². The number of thiocarbonyl (C=S) groups is 1. The SMILES string of the molecule is N#CC(=Cc1c2ccccc2c(Cl)c2ccccc12)C(N)=S. The number of nitrogens with zero attached hydrogens (tertiary/aromatic N) is 1. The molecule has 2 N–H and O–H groups in total. The Morgan fingerprint density at radius 1 is 1.00 bits per heavy atom. The first-order chi connectivity index (χ1) is 10.6. The topological polar surface area (TPSA) is 49.8 Å². The molecule has 0 saturated heterocycles. The monoisotopic (exact) mass is 322 g/mol. The maximum atomic E-state index is 9.24. The largest absolute Gasteiger partial charge is 0.389 e. The van der Waals surface area contributed by atoms with Gasteiger partial charge in [-0.3, -0.25) is 0 Å². The molecule has 0 saturated carbocycles. The van der Waals surface area contributed by atoms with Gasteiger partial charge in [0, 0.05) is 10.8 Å². The van der Waals surface area contributed by atoms with Crippen LogP contribution in [-0.4, -0.2) is 4.99 Å². The van der Waals surface area contributed by atoms with Crippen molar-refractivity contribution in [2.24, 2.45) is 5.73 Å². The Labute approximate surface area is 138 Å². The number of hydrogen-bond acceptors (Lipinski definition) is 2. The van der Waals surface area contributed by atoms with Crippen LogP contribution in [0.1, 0.15) is 5.56 Å². The second kappa shape index (κ2) is 5.76. The van der Waals surface area contributed by atoms with Crippen LogP contribution in [0.4, 0.5) is 0 Å². The van der Waals surface area contributed by atoms with E-state index < -0.39 is 0 Å². The molecule has 0 aliphatic carbocycles. The normalized spacial score (nSPS) is 11.5. The van der Waals surface area contributed by atoms with Crippen molar-refractivity contribution >= 4 is 56.4 Å². The molecule has 4 heteroatoms. The first-order valence-electron chi connectivity index (χ1n) is 6.64. The molecule has 0 spiro atoms. The Morgan fingerprint density at radius 3 is 1.86 bits per heavy atom. The van der Waals surface area contributed by atoms with E-state index in [1.165, 1.54) is 0 Å². The molecular formula is C18H11ClN2S. The fraction of sp³-hybridized carbons (Fsp3) is 0. The van der Waals surface area contributed by atoms with Gasteiger partial charge < -0.3 is 5.73 Å². The highest BCUT2D eigenvalue weighted by Gasteiger charge is 2.12. The van der Waals surface area contributed by atoms with Crippen molar-refractivity contribution in [1.82, 2.24) is 0 Å². The van der Waals surface area contributed by atoms with Gasteiger partial charge in [-0.15, -0.1) is 0 Å². The molecule has 0 fully saturated rings. The van der Waals surface area contributed by atoms with Gasteiger partial charge >= 0.3 is 0 Å². The maximum Gasteiger partial charge on any atom is 0.114 e. The van der Waals surface area contributed by atoms with E-state index in [9.17, 15) is 5.26 Å². The van der Waals surface area contributed by atoms with Crippen molar-refractivity contribution in [1.29, 1.82) is 5.26 Å². The van der Waals surface area contributed by atoms with Crippen LogP contribution in [0.25, 0.3) is 27.6 Å². The standard InChI is InChI=1S/C18H11ClN2S/c19-17-14-7-3-1-5-12(14)16(9-11(10-20)18(21)22)13-6-2-4-8-15(13)17/h1-9H,(H2,21,22). The Hall–Kier alpha value is -2.41. The molecular weight excluding hydrogens is 312 g/mol. The average molecular weight is 323 g/mol. The Balaban J connectivity index is 2.53. The number of hydrogen-bond donors (Lipinski definition) is 1. The van der Waals surface area contributed by atoms with Crippen LogP contribution < -0.4 is 5.73 Å². The number of benzene rings is 3. The zero-order chi connectivity index (χ0) is 15.7. The number of rotatable bonds is 2. The number of nitrogens with two attached hydrogens (primary N) is 1. The average Bonchev–Trinajstić information content (AvgIpc) is 2.55. The summed E-state index contributed by atoms with van der Waals surface area (Å²) in [6.07, 6.45) is 1.74. The van der Waals surface area contributed by atoms with Gasteiger partial charge in [-0.05, 0) is 22.4 Å². The third-order valence-electron chi connectivity index (χ3n) is 3.58. The first-order valence-corrected chi connectivity index (χ1v) is 7.42. The van der Waals surface area contributed by atoms with Gasteiger partial charge in [-0.2, -0.15) is 5.26 Å². The van der Waals surface area contributed by atoms with E-state index in [4.69, 9.17) is 29.6 Å². The Morgan fingerprint density at radius 2 is 1.45 bits per heavy atom. The van der Waals surface area contributed by atoms with Crippen molar-refractivity contribution in [3.8, 4) is 6.07 Å². The van der Waals surface area contributed by atoms with E-state index in [0.29, 0.717) is 5.02 Å². The van der Waals surface area contributed by atoms with E-state index in [1.807, 2.05) is 48.5 Å². The second-order valence-electron chi connectivity index (χ2n) is 4.85. The molecule has 0 atom stereocenters. The van der Waals surface area contributed by atoms with Crippen molar-refractivity contribution in [3.63, 3.8) is 0 Å². The lowest BCUT2D eigenvalue weighted by Gasteiger charge is -2.11. The lowest BCUT2D eigenvalue weighted by Crippen LogP contribution is -2.09. The van der Waals surface area contributed by atoms with Crippen LogP contribution in [0, 0.1) is 11.3 Å². The van der Waals surface area contributed by atoms with Gasteiger partial charge in [0.05, 0.1) is 10.6 Å². The predicted octanol–water partition coefficient (Wildman–Crippen LogP) is 4.84. The molecule has 0 amide bonds. The number of nitriles is 1. The summed E-state index contributed by atoms with van der Waals surface area (Å²) in [5.74, 6) is 0. The fourth-order valence-electron chi connectivity index (χ4n) is 2.57. The molecule has 106 valence electrons. The van der Waals surface area contributed by atoms with Crippen LogP contribution in [-0.2, 0) is 0 Å². The number of fused-ring (bicyclic) bond motifs is 2. The summed E-state index contributed by atoms with van der Waals surface area (Å²) >= 11 is 11.5. The van der Waals surface area contributed by atoms with Gasteiger partial charge in [0.15, 0.2) is 0 Å². The Kier molecular flexibility index (Phi) is 3.81. The summed E-state index contributed by atoms with van der Waals surface area (Å²) in [5.41, 5.74) is 6.82. The molecule has 3 aromatic rings. The van der Waals surface area contributed by atoms with Crippen LogP contribution in [0.2, 0.25) is 5.02 Å². The maximum absolute atomic E-state index is 9.24. The third kappa shape index (κ3) is 2.33. The summed E-state index contributed by atoms with van der Waals surface area (Å²) in [5, 5.41) is 13.8. The Bertz CT molecular complexity index is 926. The first kappa shape index (κ1) is 14.5. The fourth-order valence-corrected chi connectivity index (χ4v) is 3.00. The lowest BCUT2D eigenvalue weighted by molar-refractivity contribution is 1.52. The van der Waals surface area contributed by atoms with Crippen LogP contribution in [0.15, 0.2) is 54.1 Å². The zero-order valence-corrected chi connectivity index (χ0v) is 13.1. The van der Waals surface area contributed by atoms with Gasteiger partial charge in [0.1, 0.15) is 11.1 Å². The van der Waals surface area contributed by atoms with E-state index in [1.54, 1.807) is 6.08 Å². The van der Waals surface area contributed by atoms with Gasteiger partial charge in [0.2, 0.25) is 0 Å². The second-order valence-corrected chi connectivity index (χ2v) is 5.67. The zero-order valence-electron chi connectivity index (χ0n) is 11.5. The smallest absolute Gasteiger partial charge is 0.114 e. The van der Waals surface area contributed by atoms with Crippen molar-refractivity contribution in [2.75, 3.05) is 0 Å². The van der Waals surface area contributed by atoms with E-state index >= 15 is 0 Å². The molecule has 0 bridgehead atoms. The minimum atomic E-state index is 0.0885. The van der Waals surface area contributed by atoms with Crippen molar-refractivity contribution in [2.45, 2.75) is 0 Å². The highest BCUT2D eigenvalue weighted by molar-refractivity contribution is 7.80. The summed E-state index contributed by atoms with van der Waals surface area (Å²) < 4.78 is 0. The highest BCUT2D eigenvalue weighted by atomic mass is 35.5. The lowest BCUT2D eigenvalue weighted by atomic mass is 9.95. The summed E-state index contributed by atoms with van der Waals surface area (Å²) in [6.45, 7) is 0. The summed E-state index contributed by atoms with van der Waals surface area (Å²) in [6, 6.07) is 17.7. The third-order valence-corrected chi connectivity index (χ3v) is 4.21. The molecule has 0 aliphatic heterocycles. The molecule has 0 heterocycles. The molecule has 2 nitrogen and oxygen atoms in total. The molecule has 22 heavy (non-hydrogen) atoms. The summed E-state index contributed by atoms with van der Waals surface area (Å²) in [7, 11) is 0. The minimum Gasteiger partial charge on any atom is -0.389 e. The highest BCUT2D eigenvalue weighted by Crippen LogP contribution is 2.37. The molecule has 0 radical (unpaired) electrons. The summed E-state index contributed by atoms with van der Waals surface area (Å²) in [4.78, 5) is 0.0885. The predicted molar refractivity (Wildman–Crippen MR) is 96.8 cm³/mol. The molecule has 3 rings (SSSR count). The van der Waals surface area contributed by atoms with Crippen molar-refractivity contribution < 1.29 is 0 Å². The molecule has 0 unspecified atom stereocenters. The van der Waals surface area contributed by atoms with Crippen molar-refractivity contribution in [3.05, 3.63) is 64.7 Å². The molecule has 0 aliphatic rings. The number of halogens is 1. The van der Waals surface area contributed by atoms with E-state index in [-0.39, 0.29) is 10.6 Å². The molecule has 0 aromatic heterocycles. The van der Waals surface area contributed by atoms with Gasteiger partial charge in [-0.1, -0.05) is 72.3 Å². The van der Waals surface area contributed by atoms with E-state index in [2.05, 4.69) is 6.07 Å². The van der Waals surface area contributed by atoms with E-state index in [0.717, 1.165) is 27.1 Å². The van der Waals surface area contributed by atoms with Crippen LogP contribution >= 0.6 is 23.8 Å². The van der Waals surface area contributed by atoms with Crippen LogP contribution in [0.3, 0.4) is 0 Å². The minimum absolute atomic E-state index is 0.0885. The molecule has 3 aromatic carbocycles.